The molecule has 19 nitrogen and oxygen atoms in total. The Morgan fingerprint density at radius 3 is 1.65 bits per heavy atom. The zero-order valence-electron chi connectivity index (χ0n) is 39.4. The maximum atomic E-state index is 12.1. The number of nitrogens with two attached hydrogens (primary N) is 3. The molecule has 0 aliphatic carbocycles. The van der Waals surface area contributed by atoms with Crippen LogP contribution >= 0.6 is 23.5 Å². The van der Waals surface area contributed by atoms with E-state index in [-0.39, 0.29) is 98.1 Å². The predicted octanol–water partition coefficient (Wildman–Crippen LogP) is 2.03. The third-order valence-electron chi connectivity index (χ3n) is 11.7. The number of nitrogen functional groups attached to an aromatic ring is 1. The normalized spacial score (nSPS) is 18.8. The van der Waals surface area contributed by atoms with Crippen LogP contribution in [0.5, 0.6) is 0 Å². The maximum absolute atomic E-state index is 12.1. The minimum atomic E-state index is -4.84. The van der Waals surface area contributed by atoms with Gasteiger partial charge in [-0.25, -0.2) is 16.8 Å². The van der Waals surface area contributed by atoms with Gasteiger partial charge in [0.15, 0.2) is 5.17 Å². The summed E-state index contributed by atoms with van der Waals surface area (Å²) in [4.78, 5) is 2.00. The number of hydrogen-bond acceptors (Lipinski definition) is 19. The topological polar surface area (TPSA) is 362 Å². The summed E-state index contributed by atoms with van der Waals surface area (Å²) in [5.41, 5.74) is 19.3. The molecule has 0 saturated carbocycles. The SMILES string of the molecule is N#CC1C(N)SC(N=Nc2cc(S(=O)(=O)O)c3cccc(S(=O)(=O)O)c3c2)C1c1ccc2ccccc2c1.NC1=NC(c2ccc3ccccc3c2)CS1.Nc1cc(S(=O)(=O)[O-])c2cccc(S(=O)(=O)[O-])c2c1.[Na+].[Na+]. The molecule has 0 amide bonds. The van der Waals surface area contributed by atoms with E-state index in [1.54, 1.807) is 11.8 Å². The second-order valence-electron chi connectivity index (χ2n) is 16.4. The fourth-order valence-electron chi connectivity index (χ4n) is 8.43. The molecule has 1 saturated heterocycles. The minimum Gasteiger partial charge on any atom is -0.744 e. The third-order valence-corrected chi connectivity index (χ3v) is 17.4. The molecule has 27 heteroatoms. The molecule has 1 fully saturated rings. The molecule has 0 aromatic heterocycles. The van der Waals surface area contributed by atoms with Crippen molar-refractivity contribution in [1.29, 1.82) is 5.26 Å². The Bertz CT molecular complexity index is 4100. The van der Waals surface area contributed by atoms with E-state index in [1.165, 1.54) is 58.4 Å². The van der Waals surface area contributed by atoms with E-state index < -0.39 is 82.6 Å². The number of nitrogens with zero attached hydrogens (tertiary/aromatic N) is 4. The van der Waals surface area contributed by atoms with E-state index in [0.717, 1.165) is 52.4 Å². The van der Waals surface area contributed by atoms with Gasteiger partial charge >= 0.3 is 59.1 Å². The van der Waals surface area contributed by atoms with Gasteiger partial charge in [-0.1, -0.05) is 115 Å². The van der Waals surface area contributed by atoms with Gasteiger partial charge in [0, 0.05) is 38.9 Å². The molecular formula is C48H39N7Na2O12S6. The smallest absolute Gasteiger partial charge is 0.744 e. The largest absolute Gasteiger partial charge is 1.00 e. The summed E-state index contributed by atoms with van der Waals surface area (Å²) in [5.74, 6) is -0.0473. The van der Waals surface area contributed by atoms with Gasteiger partial charge in [-0.15, -0.1) is 11.8 Å². The summed E-state index contributed by atoms with van der Waals surface area (Å²) in [6, 6.07) is 42.4. The van der Waals surface area contributed by atoms with Crippen molar-refractivity contribution in [1.82, 2.24) is 0 Å². The monoisotopic (exact) mass is 1140 g/mol. The first kappa shape index (κ1) is 59.7. The van der Waals surface area contributed by atoms with Crippen LogP contribution in [0.15, 0.2) is 180 Å². The van der Waals surface area contributed by atoms with Crippen LogP contribution in [-0.4, -0.2) is 73.6 Å². The van der Waals surface area contributed by atoms with Gasteiger partial charge in [0.1, 0.15) is 35.4 Å². The van der Waals surface area contributed by atoms with Crippen LogP contribution in [0.25, 0.3) is 43.1 Å². The van der Waals surface area contributed by atoms with E-state index in [9.17, 15) is 57.1 Å². The van der Waals surface area contributed by atoms with Gasteiger partial charge in [0.25, 0.3) is 20.2 Å². The van der Waals surface area contributed by atoms with Gasteiger partial charge in [-0.3, -0.25) is 14.1 Å². The summed E-state index contributed by atoms with van der Waals surface area (Å²) in [6.07, 6.45) is 0. The van der Waals surface area contributed by atoms with E-state index >= 15 is 0 Å². The van der Waals surface area contributed by atoms with Crippen molar-refractivity contribution in [3.63, 3.8) is 0 Å². The number of anilines is 1. The number of nitriles is 1. The first-order chi connectivity index (χ1) is 34.4. The number of thioether (sulfide) groups is 2. The quantitative estimate of drug-likeness (QED) is 0.0629. The number of amidine groups is 1. The van der Waals surface area contributed by atoms with Crippen LogP contribution in [0.4, 0.5) is 11.4 Å². The molecule has 5 atom stereocenters. The van der Waals surface area contributed by atoms with Crippen molar-refractivity contribution in [2.75, 3.05) is 11.5 Å². The van der Waals surface area contributed by atoms with Crippen LogP contribution in [0.3, 0.4) is 0 Å². The zero-order chi connectivity index (χ0) is 52.6. The Hall–Kier alpha value is -4.54. The molecular weight excluding hydrogens is 1100 g/mol. The first-order valence-corrected chi connectivity index (χ1v) is 28.9. The molecule has 8 aromatic rings. The number of benzene rings is 8. The average Bonchev–Trinajstić information content (AvgIpc) is 3.92. The molecule has 0 spiro atoms. The summed E-state index contributed by atoms with van der Waals surface area (Å²) in [7, 11) is -19.2. The molecule has 2 aliphatic heterocycles. The van der Waals surface area contributed by atoms with Gasteiger partial charge in [0.2, 0.25) is 0 Å². The molecule has 5 unspecified atom stereocenters. The second-order valence-corrected chi connectivity index (χ2v) is 24.2. The van der Waals surface area contributed by atoms with Gasteiger partial charge in [-0.05, 0) is 75.1 Å². The Balaban J connectivity index is 0.000000205. The van der Waals surface area contributed by atoms with Crippen LogP contribution in [0.2, 0.25) is 0 Å². The van der Waals surface area contributed by atoms with E-state index in [1.807, 2.05) is 42.5 Å². The molecule has 75 heavy (non-hydrogen) atoms. The van der Waals surface area contributed by atoms with Crippen molar-refractivity contribution in [2.24, 2.45) is 32.6 Å². The number of rotatable bonds is 8. The minimum absolute atomic E-state index is 0. The van der Waals surface area contributed by atoms with Crippen molar-refractivity contribution >= 4 is 124 Å². The fraction of sp³-hybridized carbons (Fsp3) is 0.125. The summed E-state index contributed by atoms with van der Waals surface area (Å²) in [6.45, 7) is 0. The molecule has 0 bridgehead atoms. The average molecular weight is 1140 g/mol. The Morgan fingerprint density at radius 1 is 0.600 bits per heavy atom. The predicted molar refractivity (Wildman–Crippen MR) is 278 cm³/mol. The number of hydrogen-bond donors (Lipinski definition) is 5. The molecule has 10 rings (SSSR count). The first-order valence-electron chi connectivity index (χ1n) is 21.3. The molecule has 2 aliphatic rings. The van der Waals surface area contributed by atoms with Gasteiger partial charge in [-0.2, -0.15) is 32.3 Å². The van der Waals surface area contributed by atoms with Crippen molar-refractivity contribution in [3.05, 3.63) is 157 Å². The molecule has 376 valence electrons. The Labute approximate surface area is 484 Å². The maximum Gasteiger partial charge on any atom is 1.00 e. The number of azo groups is 1. The van der Waals surface area contributed by atoms with Crippen molar-refractivity contribution in [2.45, 2.75) is 42.3 Å². The molecule has 2 heterocycles. The van der Waals surface area contributed by atoms with Crippen LogP contribution in [0, 0.1) is 17.2 Å². The van der Waals surface area contributed by atoms with Gasteiger partial charge in [0.05, 0.1) is 38.9 Å². The zero-order valence-corrected chi connectivity index (χ0v) is 48.3. The van der Waals surface area contributed by atoms with E-state index in [0.29, 0.717) is 5.17 Å². The standard InChI is InChI=1S/C25H20N4O6S3.C13H12N2S.C10H9NO6S2.2Na/c26-13-20-23(16-9-8-14-4-1-2-5-15(14)10-16)25(36-24(20)27)29-28-17-11-19-18(22(12-17)38(33,34)35)6-3-7-21(19)37(30,31)32;14-13-15-12(8-16-13)11-6-5-9-3-1-2-4-10(9)7-11;11-6-4-8-7(10(5-6)19(15,16)17)2-1-3-9(8)18(12,13)14;;/h1-12,20,23-25H,27H2,(H,30,31,32)(H,33,34,35);1-7,12H,8H2,(H2,14,15);1-5H,11H2,(H,12,13,14)(H,15,16,17);;/q;;;2*+1/p-2. The number of aliphatic imine (C=N–C) groups is 1. The fourth-order valence-corrected chi connectivity index (χ4v) is 13.4. The summed E-state index contributed by atoms with van der Waals surface area (Å²) < 4.78 is 134. The van der Waals surface area contributed by atoms with E-state index in [2.05, 4.69) is 63.8 Å². The van der Waals surface area contributed by atoms with Crippen molar-refractivity contribution < 1.29 is 111 Å². The van der Waals surface area contributed by atoms with Crippen molar-refractivity contribution in [3.8, 4) is 6.07 Å². The van der Waals surface area contributed by atoms with Crippen LogP contribution in [0.1, 0.15) is 23.1 Å². The van der Waals surface area contributed by atoms with Gasteiger partial charge < -0.3 is 26.3 Å². The third kappa shape index (κ3) is 13.8. The Morgan fingerprint density at radius 2 is 1.12 bits per heavy atom. The molecule has 8 aromatic carbocycles. The number of fused-ring (bicyclic) bond motifs is 4. The molecule has 0 radical (unpaired) electrons. The van der Waals surface area contributed by atoms with E-state index in [4.69, 9.17) is 17.2 Å². The second kappa shape index (κ2) is 24.0. The van der Waals surface area contributed by atoms with Crippen LogP contribution in [-0.2, 0) is 40.5 Å². The summed E-state index contributed by atoms with van der Waals surface area (Å²) >= 11 is 2.87. The Kier molecular flexibility index (Phi) is 19.1. The summed E-state index contributed by atoms with van der Waals surface area (Å²) in [5, 5.41) is 21.9. The molecule has 8 N–H and O–H groups in total. The van der Waals surface area contributed by atoms with Crippen LogP contribution < -0.4 is 76.3 Å².